The lowest BCUT2D eigenvalue weighted by Crippen LogP contribution is -2.40. The lowest BCUT2D eigenvalue weighted by Gasteiger charge is -2.38. The van der Waals surface area contributed by atoms with E-state index in [1.165, 1.54) is 6.07 Å². The highest BCUT2D eigenvalue weighted by molar-refractivity contribution is 7.89. The van der Waals surface area contributed by atoms with Gasteiger partial charge in [-0.15, -0.1) is 0 Å². The zero-order valence-corrected chi connectivity index (χ0v) is 12.0. The summed E-state index contributed by atoms with van der Waals surface area (Å²) in [6.45, 7) is 4.00. The zero-order valence-electron chi connectivity index (χ0n) is 11.2. The molecule has 4 nitrogen and oxygen atoms in total. The minimum absolute atomic E-state index is 0.000210. The van der Waals surface area contributed by atoms with Gasteiger partial charge in [0.05, 0.1) is 0 Å². The van der Waals surface area contributed by atoms with Gasteiger partial charge in [-0.1, -0.05) is 13.3 Å². The van der Waals surface area contributed by atoms with E-state index in [9.17, 15) is 12.8 Å². The van der Waals surface area contributed by atoms with Crippen molar-refractivity contribution in [3.63, 3.8) is 0 Å². The molecule has 3 N–H and O–H groups in total. The SMILES string of the molecule is Cc1cc(F)c(S(=O)(=O)NCC2(C)CCC2)cc1N. The van der Waals surface area contributed by atoms with Crippen molar-refractivity contribution in [1.29, 1.82) is 0 Å². The van der Waals surface area contributed by atoms with Gasteiger partial charge >= 0.3 is 0 Å². The van der Waals surface area contributed by atoms with Crippen molar-refractivity contribution in [3.8, 4) is 0 Å². The number of hydrogen-bond donors (Lipinski definition) is 2. The molecule has 1 aromatic carbocycles. The van der Waals surface area contributed by atoms with Crippen LogP contribution >= 0.6 is 0 Å². The van der Waals surface area contributed by atoms with Crippen molar-refractivity contribution in [1.82, 2.24) is 4.72 Å². The number of aryl methyl sites for hydroxylation is 1. The molecule has 0 unspecified atom stereocenters. The number of nitrogen functional groups attached to an aromatic ring is 1. The Balaban J connectivity index is 2.22. The van der Waals surface area contributed by atoms with E-state index in [0.29, 0.717) is 12.1 Å². The van der Waals surface area contributed by atoms with Gasteiger partial charge in [0, 0.05) is 12.2 Å². The average molecular weight is 286 g/mol. The lowest BCUT2D eigenvalue weighted by molar-refractivity contribution is 0.166. The molecule has 0 saturated heterocycles. The van der Waals surface area contributed by atoms with Gasteiger partial charge in [0.2, 0.25) is 10.0 Å². The molecule has 1 aliphatic rings. The Morgan fingerprint density at radius 3 is 2.58 bits per heavy atom. The van der Waals surface area contributed by atoms with E-state index >= 15 is 0 Å². The Bertz CT molecular complexity index is 595. The van der Waals surface area contributed by atoms with Crippen LogP contribution in [0, 0.1) is 18.2 Å². The second-order valence-corrected chi connectivity index (χ2v) is 7.36. The van der Waals surface area contributed by atoms with Crippen molar-refractivity contribution in [2.75, 3.05) is 12.3 Å². The van der Waals surface area contributed by atoms with Crippen LogP contribution in [0.1, 0.15) is 31.7 Å². The molecule has 0 aliphatic heterocycles. The van der Waals surface area contributed by atoms with Crippen molar-refractivity contribution in [2.24, 2.45) is 5.41 Å². The van der Waals surface area contributed by atoms with E-state index in [4.69, 9.17) is 5.73 Å². The number of nitrogens with two attached hydrogens (primary N) is 1. The summed E-state index contributed by atoms with van der Waals surface area (Å²) in [6, 6.07) is 2.32. The van der Waals surface area contributed by atoms with Crippen LogP contribution in [-0.2, 0) is 10.0 Å². The van der Waals surface area contributed by atoms with Gasteiger partial charge in [-0.3, -0.25) is 0 Å². The summed E-state index contributed by atoms with van der Waals surface area (Å²) < 4.78 is 40.4. The van der Waals surface area contributed by atoms with Crippen molar-refractivity contribution < 1.29 is 12.8 Å². The largest absolute Gasteiger partial charge is 0.398 e. The molecule has 6 heteroatoms. The molecule has 2 rings (SSSR count). The number of benzene rings is 1. The number of anilines is 1. The first-order chi connectivity index (χ1) is 8.73. The molecule has 0 aromatic heterocycles. The summed E-state index contributed by atoms with van der Waals surface area (Å²) >= 11 is 0. The van der Waals surface area contributed by atoms with Crippen LogP contribution in [0.2, 0.25) is 0 Å². The van der Waals surface area contributed by atoms with Gasteiger partial charge in [0.15, 0.2) is 0 Å². The molecular formula is C13H19FN2O2S. The Hall–Kier alpha value is -1.14. The van der Waals surface area contributed by atoms with E-state index in [2.05, 4.69) is 4.72 Å². The summed E-state index contributed by atoms with van der Waals surface area (Å²) in [7, 11) is -3.84. The summed E-state index contributed by atoms with van der Waals surface area (Å²) in [5.41, 5.74) is 6.45. The average Bonchev–Trinajstić information content (AvgIpc) is 2.28. The standard InChI is InChI=1S/C13H19FN2O2S/c1-9-6-10(14)12(7-11(9)15)19(17,18)16-8-13(2)4-3-5-13/h6-7,16H,3-5,8,15H2,1-2H3. The smallest absolute Gasteiger partial charge is 0.243 e. The molecule has 0 spiro atoms. The maximum absolute atomic E-state index is 13.8. The molecule has 19 heavy (non-hydrogen) atoms. The van der Waals surface area contributed by atoms with Gasteiger partial charge in [0.1, 0.15) is 10.7 Å². The molecular weight excluding hydrogens is 267 g/mol. The van der Waals surface area contributed by atoms with Crippen molar-refractivity contribution in [2.45, 2.75) is 38.0 Å². The predicted octanol–water partition coefficient (Wildman–Crippen LogP) is 2.18. The number of sulfonamides is 1. The fraction of sp³-hybridized carbons (Fsp3) is 0.538. The van der Waals surface area contributed by atoms with Gasteiger partial charge in [-0.2, -0.15) is 0 Å². The fourth-order valence-corrected chi connectivity index (χ4v) is 3.47. The Morgan fingerprint density at radius 1 is 1.42 bits per heavy atom. The minimum atomic E-state index is -3.84. The number of halogens is 1. The maximum Gasteiger partial charge on any atom is 0.243 e. The highest BCUT2D eigenvalue weighted by Crippen LogP contribution is 2.39. The second kappa shape index (κ2) is 4.76. The van der Waals surface area contributed by atoms with Crippen LogP contribution in [0.15, 0.2) is 17.0 Å². The van der Waals surface area contributed by atoms with Gasteiger partial charge < -0.3 is 5.73 Å². The minimum Gasteiger partial charge on any atom is -0.398 e. The van der Waals surface area contributed by atoms with Crippen LogP contribution in [-0.4, -0.2) is 15.0 Å². The van der Waals surface area contributed by atoms with Crippen molar-refractivity contribution in [3.05, 3.63) is 23.5 Å². The molecule has 0 heterocycles. The van der Waals surface area contributed by atoms with Crippen LogP contribution in [0.3, 0.4) is 0 Å². The highest BCUT2D eigenvalue weighted by Gasteiger charge is 2.33. The molecule has 0 bridgehead atoms. The number of rotatable bonds is 4. The van der Waals surface area contributed by atoms with E-state index < -0.39 is 15.8 Å². The van der Waals surface area contributed by atoms with Crippen molar-refractivity contribution >= 4 is 15.7 Å². The predicted molar refractivity (Wildman–Crippen MR) is 72.7 cm³/mol. The summed E-state index contributed by atoms with van der Waals surface area (Å²) in [5.74, 6) is -0.766. The number of hydrogen-bond acceptors (Lipinski definition) is 3. The topological polar surface area (TPSA) is 72.2 Å². The third-order valence-corrected chi connectivity index (χ3v) is 5.28. The molecule has 1 aliphatic carbocycles. The zero-order chi connectivity index (χ0) is 14.3. The molecule has 0 amide bonds. The van der Waals surface area contributed by atoms with Gasteiger partial charge in [-0.05, 0) is 42.9 Å². The Morgan fingerprint density at radius 2 is 2.05 bits per heavy atom. The third kappa shape index (κ3) is 2.90. The van der Waals surface area contributed by atoms with E-state index in [0.717, 1.165) is 25.3 Å². The molecule has 1 fully saturated rings. The Labute approximate surface area is 113 Å². The molecule has 106 valence electrons. The van der Waals surface area contributed by atoms with E-state index in [-0.39, 0.29) is 16.0 Å². The first-order valence-corrected chi connectivity index (χ1v) is 7.77. The summed E-state index contributed by atoms with van der Waals surface area (Å²) in [5, 5.41) is 0. The fourth-order valence-electron chi connectivity index (χ4n) is 2.18. The quantitative estimate of drug-likeness (QED) is 0.833. The first kappa shape index (κ1) is 14.3. The second-order valence-electron chi connectivity index (χ2n) is 5.63. The van der Waals surface area contributed by atoms with E-state index in [1.54, 1.807) is 6.92 Å². The molecule has 0 radical (unpaired) electrons. The summed E-state index contributed by atoms with van der Waals surface area (Å²) in [6.07, 6.45) is 3.10. The van der Waals surface area contributed by atoms with Gasteiger partial charge in [0.25, 0.3) is 0 Å². The first-order valence-electron chi connectivity index (χ1n) is 6.29. The Kier molecular flexibility index (Phi) is 3.57. The van der Waals surface area contributed by atoms with Crippen LogP contribution < -0.4 is 10.5 Å². The summed E-state index contributed by atoms with van der Waals surface area (Å²) in [4.78, 5) is -0.376. The highest BCUT2D eigenvalue weighted by atomic mass is 32.2. The van der Waals surface area contributed by atoms with Gasteiger partial charge in [-0.25, -0.2) is 17.5 Å². The van der Waals surface area contributed by atoms with Crippen LogP contribution in [0.4, 0.5) is 10.1 Å². The normalized spacial score (nSPS) is 18.1. The number of nitrogens with one attached hydrogen (secondary N) is 1. The monoisotopic (exact) mass is 286 g/mol. The molecule has 1 aromatic rings. The molecule has 0 atom stereocenters. The maximum atomic E-state index is 13.8. The lowest BCUT2D eigenvalue weighted by atomic mass is 9.71. The van der Waals surface area contributed by atoms with E-state index in [1.807, 2.05) is 6.92 Å². The third-order valence-electron chi connectivity index (χ3n) is 3.86. The molecule has 1 saturated carbocycles. The van der Waals surface area contributed by atoms with Crippen LogP contribution in [0.5, 0.6) is 0 Å². The van der Waals surface area contributed by atoms with Crippen LogP contribution in [0.25, 0.3) is 0 Å².